The number of aliphatic carboxylic acids is 1. The van der Waals surface area contributed by atoms with Crippen molar-refractivity contribution in [3.8, 4) is 0 Å². The van der Waals surface area contributed by atoms with Gasteiger partial charge in [-0.1, -0.05) is 0 Å². The van der Waals surface area contributed by atoms with Gasteiger partial charge >= 0.3 is 65.6 Å². The molecule has 0 aromatic heterocycles. The van der Waals surface area contributed by atoms with Gasteiger partial charge in [-0.3, -0.25) is 9.59 Å². The van der Waals surface area contributed by atoms with Crippen LogP contribution in [0.25, 0.3) is 0 Å². The molecule has 2 heterocycles. The molecule has 59 heavy (non-hydrogen) atoms. The minimum Gasteiger partial charge on any atom is -0.870 e. The number of ether oxygens (including phenoxy) is 5. The Morgan fingerprint density at radius 3 is 1.22 bits per heavy atom. The van der Waals surface area contributed by atoms with Crippen LogP contribution in [0.5, 0.6) is 0 Å². The fraction of sp³-hybridized carbons (Fsp3) is 0.850. The monoisotopic (exact) mass is 859 g/mol. The number of hydrogen-bond acceptors (Lipinski definition) is 15. The molecule has 0 bridgehead atoms. The molecular weight excluding hydrogens is 783 g/mol. The van der Waals surface area contributed by atoms with Crippen molar-refractivity contribution in [3.63, 3.8) is 0 Å². The van der Waals surface area contributed by atoms with E-state index in [9.17, 15) is 33.9 Å². The van der Waals surface area contributed by atoms with E-state index < -0.39 is 58.6 Å². The fourth-order valence-corrected chi connectivity index (χ4v) is 5.90. The number of nitrogens with one attached hydrogen (secondary N) is 4. The predicted molar refractivity (Wildman–Crippen MR) is 215 cm³/mol. The average molecular weight is 859 g/mol. The van der Waals surface area contributed by atoms with E-state index >= 15 is 0 Å². The third kappa shape index (κ3) is 29.2. The van der Waals surface area contributed by atoms with Crippen molar-refractivity contribution in [2.24, 2.45) is 0 Å². The van der Waals surface area contributed by atoms with Crippen LogP contribution < -0.4 is 50.8 Å². The standard InChI is InChI=1S/C20H36N2O6.C19H34N2O6.CH4O.Na.H2O/c1-19(2,3)27-17(24)15-12-11-13(21-15)9-8-10-14(16(23)26-7)22-18(25)28-20(4,5)6;1-18(2,3)26-16(24)14-11-10-12(20-14)8-7-9-13(15(22)23)21-17(25)27-19(4,5)6;1-2;;/h13-15,21H,8-12H2,1-7H3,(H,22,25);12-14,20H,7-11H2,1-6H3,(H,21,25)(H,22,23);2H,1H3;;1H2/q;;;+1;/p-1/t13-,14?,15+;12-,13?,14+;;;/m11.../s1. The Labute approximate surface area is 373 Å². The topological polar surface area (TPSA) is 267 Å². The molecule has 19 heteroatoms. The normalized spacial score (nSPS) is 19.8. The van der Waals surface area contributed by atoms with Crippen LogP contribution in [0.15, 0.2) is 0 Å². The van der Waals surface area contributed by atoms with Crippen LogP contribution in [0.1, 0.15) is 147 Å². The predicted octanol–water partition coefficient (Wildman–Crippen LogP) is 1.72. The number of aliphatic hydroxyl groups is 1. The number of carboxylic acid groups (broad SMARTS) is 1. The largest absolute Gasteiger partial charge is 1.00 e. The molecule has 2 aliphatic rings. The molecule has 0 saturated carbocycles. The van der Waals surface area contributed by atoms with Gasteiger partial charge < -0.3 is 60.6 Å². The first-order valence-electron chi connectivity index (χ1n) is 19.8. The van der Waals surface area contributed by atoms with Gasteiger partial charge in [-0.2, -0.15) is 0 Å². The maximum Gasteiger partial charge on any atom is 1.00 e. The Morgan fingerprint density at radius 1 is 0.593 bits per heavy atom. The maximum atomic E-state index is 12.1. The van der Waals surface area contributed by atoms with E-state index in [1.54, 1.807) is 41.5 Å². The average Bonchev–Trinajstić information content (AvgIpc) is 3.72. The Morgan fingerprint density at radius 2 is 0.915 bits per heavy atom. The van der Waals surface area contributed by atoms with E-state index in [0.717, 1.165) is 39.2 Å². The second-order valence-electron chi connectivity index (χ2n) is 18.2. The Hall–Kier alpha value is -2.74. The quantitative estimate of drug-likeness (QED) is 0.0825. The van der Waals surface area contributed by atoms with Crippen molar-refractivity contribution in [1.29, 1.82) is 0 Å². The molecule has 6 atom stereocenters. The van der Waals surface area contributed by atoms with E-state index in [1.165, 1.54) is 7.11 Å². The maximum absolute atomic E-state index is 12.1. The molecule has 18 nitrogen and oxygen atoms in total. The van der Waals surface area contributed by atoms with Crippen molar-refractivity contribution < 1.29 is 97.7 Å². The zero-order chi connectivity index (χ0) is 44.4. The van der Waals surface area contributed by atoms with Crippen molar-refractivity contribution >= 4 is 36.1 Å². The first-order valence-corrected chi connectivity index (χ1v) is 19.8. The summed E-state index contributed by atoms with van der Waals surface area (Å²) in [5.41, 5.74) is -2.34. The van der Waals surface area contributed by atoms with Crippen molar-refractivity contribution in [3.05, 3.63) is 0 Å². The van der Waals surface area contributed by atoms with Gasteiger partial charge in [0.15, 0.2) is 0 Å². The van der Waals surface area contributed by atoms with Crippen LogP contribution in [0.4, 0.5) is 9.59 Å². The number of aliphatic hydroxyl groups excluding tert-OH is 1. The summed E-state index contributed by atoms with van der Waals surface area (Å²) in [4.78, 5) is 71.2. The summed E-state index contributed by atoms with van der Waals surface area (Å²) in [6, 6.07) is -2.05. The summed E-state index contributed by atoms with van der Waals surface area (Å²) in [6.07, 6.45) is 5.28. The molecular formula is C40H75N4NaO14. The van der Waals surface area contributed by atoms with Crippen LogP contribution in [-0.4, -0.2) is 125 Å². The minimum atomic E-state index is -1.09. The molecule has 340 valence electrons. The molecule has 0 aliphatic carbocycles. The van der Waals surface area contributed by atoms with Gasteiger partial charge in [-0.05, 0) is 147 Å². The SMILES string of the molecule is CC(C)(C)OC(=O)NC(CCC[C@@H]1CC[C@@H](C(=O)OC(C)(C)C)N1)C(=O)O.CO.COC(=O)C(CCC[C@@H]1CC[C@@H](C(=O)OC(C)(C)C)N1)NC(=O)OC(C)(C)C.[Na+].[OH-]. The second-order valence-corrected chi connectivity index (χ2v) is 18.2. The van der Waals surface area contributed by atoms with Gasteiger partial charge in [-0.15, -0.1) is 0 Å². The zero-order valence-electron chi connectivity index (χ0n) is 38.4. The van der Waals surface area contributed by atoms with E-state index in [4.69, 9.17) is 28.8 Å². The van der Waals surface area contributed by atoms with E-state index in [1.807, 2.05) is 41.5 Å². The first-order chi connectivity index (χ1) is 26.1. The summed E-state index contributed by atoms with van der Waals surface area (Å²) in [6.45, 7) is 21.5. The number of amides is 2. The number of esters is 3. The molecule has 2 aliphatic heterocycles. The summed E-state index contributed by atoms with van der Waals surface area (Å²) < 4.78 is 25.9. The van der Waals surface area contributed by atoms with Gasteiger partial charge in [0.2, 0.25) is 0 Å². The number of hydrogen-bond donors (Lipinski definition) is 6. The Kier molecular flexibility index (Phi) is 28.7. The molecule has 0 radical (unpaired) electrons. The number of carbonyl (C=O) groups is 6. The number of alkyl carbamates (subject to hydrolysis) is 2. The van der Waals surface area contributed by atoms with Gasteiger partial charge in [0.25, 0.3) is 0 Å². The van der Waals surface area contributed by atoms with Crippen LogP contribution in [-0.2, 0) is 42.9 Å². The van der Waals surface area contributed by atoms with Gasteiger partial charge in [0.05, 0.1) is 7.11 Å². The Bertz CT molecular complexity index is 1290. The van der Waals surface area contributed by atoms with Gasteiger partial charge in [-0.25, -0.2) is 19.2 Å². The summed E-state index contributed by atoms with van der Waals surface area (Å²) in [5.74, 6) is -2.07. The molecule has 2 rings (SSSR count). The second kappa shape index (κ2) is 28.0. The zero-order valence-corrected chi connectivity index (χ0v) is 40.4. The molecule has 2 unspecified atom stereocenters. The van der Waals surface area contributed by atoms with Crippen molar-refractivity contribution in [1.82, 2.24) is 21.3 Å². The molecule has 2 saturated heterocycles. The van der Waals surface area contributed by atoms with E-state index in [0.29, 0.717) is 32.1 Å². The Balaban J connectivity index is -0.000000988. The molecule has 0 aromatic rings. The van der Waals surface area contributed by atoms with Crippen molar-refractivity contribution in [2.75, 3.05) is 14.2 Å². The summed E-state index contributed by atoms with van der Waals surface area (Å²) in [5, 5.41) is 27.8. The third-order valence-corrected chi connectivity index (χ3v) is 8.12. The molecule has 7 N–H and O–H groups in total. The van der Waals surface area contributed by atoms with Crippen LogP contribution in [0.3, 0.4) is 0 Å². The molecule has 2 fully saturated rings. The minimum absolute atomic E-state index is 0. The fourth-order valence-electron chi connectivity index (χ4n) is 5.90. The summed E-state index contributed by atoms with van der Waals surface area (Å²) >= 11 is 0. The number of rotatable bonds is 14. The summed E-state index contributed by atoms with van der Waals surface area (Å²) in [7, 11) is 2.29. The van der Waals surface area contributed by atoms with E-state index in [2.05, 4.69) is 21.3 Å². The number of methoxy groups -OCH3 is 1. The first kappa shape index (κ1) is 60.6. The van der Waals surface area contributed by atoms with Gasteiger partial charge in [0, 0.05) is 19.2 Å². The van der Waals surface area contributed by atoms with Crippen molar-refractivity contribution in [2.45, 2.75) is 206 Å². The third-order valence-electron chi connectivity index (χ3n) is 8.12. The molecule has 2 amide bonds. The van der Waals surface area contributed by atoms with Crippen LogP contribution in [0, 0.1) is 0 Å². The number of carboxylic acids is 1. The molecule has 0 aromatic carbocycles. The number of carbonyl (C=O) groups excluding carboxylic acids is 5. The van der Waals surface area contributed by atoms with E-state index in [-0.39, 0.29) is 71.1 Å². The van der Waals surface area contributed by atoms with Crippen LogP contribution in [0.2, 0.25) is 0 Å². The molecule has 0 spiro atoms. The van der Waals surface area contributed by atoms with Gasteiger partial charge in [0.1, 0.15) is 46.6 Å². The smallest absolute Gasteiger partial charge is 0.870 e. The van der Waals surface area contributed by atoms with Crippen LogP contribution >= 0.6 is 0 Å².